The average molecular weight is 225 g/mol. The highest BCUT2D eigenvalue weighted by molar-refractivity contribution is 7.71. The largest absolute Gasteiger partial charge is 0.388 e. The first-order chi connectivity index (χ1) is 7.26. The van der Waals surface area contributed by atoms with Crippen LogP contribution in [0.3, 0.4) is 0 Å². The van der Waals surface area contributed by atoms with Gasteiger partial charge in [-0.25, -0.2) is 0 Å². The first-order valence-corrected chi connectivity index (χ1v) is 4.97. The number of aryl methyl sites for hydroxylation is 1. The molecule has 0 radical (unpaired) electrons. The number of aromatic nitrogens is 5. The van der Waals surface area contributed by atoms with E-state index in [2.05, 4.69) is 15.3 Å². The molecule has 2 heterocycles. The predicted molar refractivity (Wildman–Crippen MR) is 56.1 cm³/mol. The van der Waals surface area contributed by atoms with Gasteiger partial charge in [-0.2, -0.15) is 10.2 Å². The number of rotatable bonds is 3. The molecule has 15 heavy (non-hydrogen) atoms. The Morgan fingerprint density at radius 2 is 2.40 bits per heavy atom. The normalized spacial score (nSPS) is 10.8. The van der Waals surface area contributed by atoms with Crippen LogP contribution >= 0.6 is 12.2 Å². The summed E-state index contributed by atoms with van der Waals surface area (Å²) >= 11 is 5.06. The molecule has 0 aromatic carbocycles. The van der Waals surface area contributed by atoms with E-state index >= 15 is 0 Å². The zero-order valence-corrected chi connectivity index (χ0v) is 9.03. The Bertz CT molecular complexity index is 511. The predicted octanol–water partition coefficient (Wildman–Crippen LogP) is 0.639. The molecule has 2 N–H and O–H groups in total. The molecule has 0 bridgehead atoms. The highest BCUT2D eigenvalue weighted by Crippen LogP contribution is 2.09. The lowest BCUT2D eigenvalue weighted by Crippen LogP contribution is -2.00. The molecule has 6 nitrogen and oxygen atoms in total. The van der Waals surface area contributed by atoms with E-state index in [0.29, 0.717) is 10.6 Å². The lowest BCUT2D eigenvalue weighted by molar-refractivity contribution is 0.269. The van der Waals surface area contributed by atoms with Crippen molar-refractivity contribution in [3.8, 4) is 5.69 Å². The van der Waals surface area contributed by atoms with Crippen LogP contribution in [0.15, 0.2) is 12.4 Å². The van der Waals surface area contributed by atoms with Crippen LogP contribution in [0.1, 0.15) is 12.7 Å². The van der Waals surface area contributed by atoms with Gasteiger partial charge in [0.15, 0.2) is 10.6 Å². The summed E-state index contributed by atoms with van der Waals surface area (Å²) in [7, 11) is 0. The second-order valence-electron chi connectivity index (χ2n) is 2.99. The summed E-state index contributed by atoms with van der Waals surface area (Å²) in [6.45, 7) is 2.63. The molecule has 80 valence electrons. The van der Waals surface area contributed by atoms with Gasteiger partial charge in [0.25, 0.3) is 0 Å². The Labute approximate surface area is 91.2 Å². The van der Waals surface area contributed by atoms with Crippen LogP contribution in [-0.4, -0.2) is 29.7 Å². The molecule has 2 aromatic heterocycles. The van der Waals surface area contributed by atoms with Crippen molar-refractivity contribution in [2.75, 3.05) is 0 Å². The highest BCUT2D eigenvalue weighted by Gasteiger charge is 2.08. The fourth-order valence-corrected chi connectivity index (χ4v) is 1.60. The molecule has 0 aliphatic carbocycles. The molecule has 0 saturated heterocycles. The van der Waals surface area contributed by atoms with Crippen LogP contribution in [0.2, 0.25) is 0 Å². The van der Waals surface area contributed by atoms with Crippen molar-refractivity contribution < 1.29 is 5.11 Å². The summed E-state index contributed by atoms with van der Waals surface area (Å²) in [5, 5.41) is 19.8. The number of aliphatic hydroxyl groups excluding tert-OH is 1. The highest BCUT2D eigenvalue weighted by atomic mass is 32.1. The molecule has 0 atom stereocenters. The quantitative estimate of drug-likeness (QED) is 0.752. The van der Waals surface area contributed by atoms with Crippen molar-refractivity contribution in [1.82, 2.24) is 24.5 Å². The summed E-state index contributed by atoms with van der Waals surface area (Å²) in [6, 6.07) is 0. The third kappa shape index (κ3) is 1.71. The zero-order valence-electron chi connectivity index (χ0n) is 8.21. The summed E-state index contributed by atoms with van der Waals surface area (Å²) in [5.41, 5.74) is 0.805. The zero-order chi connectivity index (χ0) is 10.8. The lowest BCUT2D eigenvalue weighted by Gasteiger charge is -1.99. The summed E-state index contributed by atoms with van der Waals surface area (Å²) in [5.74, 6) is 0.482. The number of nitrogens with zero attached hydrogens (tertiary/aromatic N) is 4. The van der Waals surface area contributed by atoms with Crippen LogP contribution < -0.4 is 0 Å². The number of hydrogen-bond donors (Lipinski definition) is 2. The van der Waals surface area contributed by atoms with Crippen molar-refractivity contribution in [3.05, 3.63) is 23.0 Å². The van der Waals surface area contributed by atoms with Crippen molar-refractivity contribution in [2.24, 2.45) is 0 Å². The van der Waals surface area contributed by atoms with E-state index in [9.17, 15) is 0 Å². The third-order valence-electron chi connectivity index (χ3n) is 2.09. The van der Waals surface area contributed by atoms with Crippen LogP contribution in [0.4, 0.5) is 0 Å². The maximum Gasteiger partial charge on any atom is 0.200 e. The van der Waals surface area contributed by atoms with Gasteiger partial charge in [-0.1, -0.05) is 0 Å². The van der Waals surface area contributed by atoms with Gasteiger partial charge in [0, 0.05) is 12.7 Å². The van der Waals surface area contributed by atoms with E-state index in [0.717, 1.165) is 12.2 Å². The van der Waals surface area contributed by atoms with Crippen LogP contribution in [0, 0.1) is 4.77 Å². The molecule has 0 aliphatic rings. The first kappa shape index (κ1) is 10.1. The van der Waals surface area contributed by atoms with Crippen molar-refractivity contribution in [3.63, 3.8) is 0 Å². The smallest absolute Gasteiger partial charge is 0.200 e. The summed E-state index contributed by atoms with van der Waals surface area (Å²) in [4.78, 5) is 0. The number of nitrogens with one attached hydrogen (secondary N) is 1. The fourth-order valence-electron chi connectivity index (χ4n) is 1.34. The van der Waals surface area contributed by atoms with Gasteiger partial charge in [0.1, 0.15) is 6.61 Å². The molecular formula is C8H11N5OS. The van der Waals surface area contributed by atoms with E-state index in [1.807, 2.05) is 13.1 Å². The van der Waals surface area contributed by atoms with Crippen molar-refractivity contribution in [2.45, 2.75) is 20.1 Å². The van der Waals surface area contributed by atoms with Gasteiger partial charge >= 0.3 is 0 Å². The maximum atomic E-state index is 9.08. The molecule has 0 amide bonds. The summed E-state index contributed by atoms with van der Waals surface area (Å²) < 4.78 is 3.90. The van der Waals surface area contributed by atoms with Gasteiger partial charge in [-0.15, -0.1) is 0 Å². The second kappa shape index (κ2) is 3.95. The molecule has 0 spiro atoms. The Morgan fingerprint density at radius 1 is 1.60 bits per heavy atom. The standard InChI is InChI=1S/C8H11N5OS/c1-2-12-4-6(3-9-12)13-7(5-14)10-11-8(13)15/h3-4,14H,2,5H2,1H3,(H,11,15). The molecule has 0 saturated carbocycles. The van der Waals surface area contributed by atoms with E-state index in [1.165, 1.54) is 0 Å². The summed E-state index contributed by atoms with van der Waals surface area (Å²) in [6.07, 6.45) is 3.54. The Morgan fingerprint density at radius 3 is 3.00 bits per heavy atom. The number of H-pyrrole nitrogens is 1. The lowest BCUT2D eigenvalue weighted by atomic mass is 10.5. The average Bonchev–Trinajstić information content (AvgIpc) is 2.83. The van der Waals surface area contributed by atoms with Gasteiger partial charge in [0.05, 0.1) is 11.9 Å². The Balaban J connectivity index is 2.52. The number of aliphatic hydroxyl groups is 1. The molecule has 0 aliphatic heterocycles. The Kier molecular flexibility index (Phi) is 2.65. The minimum atomic E-state index is -0.162. The van der Waals surface area contributed by atoms with Gasteiger partial charge in [-0.3, -0.25) is 14.3 Å². The Hall–Kier alpha value is -1.47. The van der Waals surface area contributed by atoms with E-state index in [1.54, 1.807) is 15.4 Å². The molecular weight excluding hydrogens is 214 g/mol. The van der Waals surface area contributed by atoms with Gasteiger partial charge in [-0.05, 0) is 19.1 Å². The molecule has 0 fully saturated rings. The topological polar surface area (TPSA) is 71.7 Å². The van der Waals surface area contributed by atoms with Crippen molar-refractivity contribution in [1.29, 1.82) is 0 Å². The SMILES string of the molecule is CCn1cc(-n2c(CO)n[nH]c2=S)cn1. The van der Waals surface area contributed by atoms with Gasteiger partial charge < -0.3 is 5.11 Å². The molecule has 2 rings (SSSR count). The molecule has 0 unspecified atom stereocenters. The minimum Gasteiger partial charge on any atom is -0.388 e. The van der Waals surface area contributed by atoms with E-state index in [-0.39, 0.29) is 6.61 Å². The third-order valence-corrected chi connectivity index (χ3v) is 2.36. The minimum absolute atomic E-state index is 0.162. The second-order valence-corrected chi connectivity index (χ2v) is 3.38. The van der Waals surface area contributed by atoms with Crippen LogP contribution in [0.25, 0.3) is 5.69 Å². The maximum absolute atomic E-state index is 9.08. The number of aromatic amines is 1. The van der Waals surface area contributed by atoms with Crippen LogP contribution in [0.5, 0.6) is 0 Å². The van der Waals surface area contributed by atoms with Crippen molar-refractivity contribution >= 4 is 12.2 Å². The van der Waals surface area contributed by atoms with E-state index < -0.39 is 0 Å². The van der Waals surface area contributed by atoms with Crippen LogP contribution in [-0.2, 0) is 13.2 Å². The molecule has 7 heteroatoms. The fraction of sp³-hybridized carbons (Fsp3) is 0.375. The first-order valence-electron chi connectivity index (χ1n) is 4.56. The monoisotopic (exact) mass is 225 g/mol. The molecule has 2 aromatic rings. The van der Waals surface area contributed by atoms with Gasteiger partial charge in [0.2, 0.25) is 0 Å². The van der Waals surface area contributed by atoms with E-state index in [4.69, 9.17) is 17.3 Å². The number of hydrogen-bond acceptors (Lipinski definition) is 4.